The third-order valence-electron chi connectivity index (χ3n) is 3.47. The van der Waals surface area contributed by atoms with Crippen LogP contribution in [0, 0.1) is 12.7 Å². The van der Waals surface area contributed by atoms with Crippen LogP contribution in [-0.2, 0) is 13.5 Å². The lowest BCUT2D eigenvalue weighted by Crippen LogP contribution is -2.24. The Hall–Kier alpha value is -0.910. The van der Waals surface area contributed by atoms with Crippen LogP contribution in [0.4, 0.5) is 4.39 Å². The number of rotatable bonds is 5. The zero-order chi connectivity index (χ0) is 15.6. The summed E-state index contributed by atoms with van der Waals surface area (Å²) >= 11 is 9.66. The van der Waals surface area contributed by atoms with Gasteiger partial charge in [0.05, 0.1) is 20.9 Å². The summed E-state index contributed by atoms with van der Waals surface area (Å²) in [4.78, 5) is 0. The number of likely N-dealkylation sites (N-methyl/N-ethyl adjacent to an activating group) is 1. The van der Waals surface area contributed by atoms with Crippen molar-refractivity contribution in [2.24, 2.45) is 7.05 Å². The summed E-state index contributed by atoms with van der Waals surface area (Å²) < 4.78 is 16.0. The summed E-state index contributed by atoms with van der Waals surface area (Å²) in [6, 6.07) is 5.04. The quantitative estimate of drug-likeness (QED) is 0.851. The van der Waals surface area contributed by atoms with E-state index in [4.69, 9.17) is 11.6 Å². The fourth-order valence-electron chi connectivity index (χ4n) is 2.42. The third-order valence-corrected chi connectivity index (χ3v) is 4.79. The van der Waals surface area contributed by atoms with Crippen LogP contribution in [0.5, 0.6) is 0 Å². The van der Waals surface area contributed by atoms with Crippen molar-refractivity contribution < 1.29 is 4.39 Å². The van der Waals surface area contributed by atoms with Gasteiger partial charge in [-0.1, -0.05) is 30.7 Å². The average Bonchev–Trinajstić information content (AvgIpc) is 2.68. The zero-order valence-corrected chi connectivity index (χ0v) is 14.6. The van der Waals surface area contributed by atoms with Gasteiger partial charge in [0.1, 0.15) is 5.82 Å². The van der Waals surface area contributed by atoms with E-state index in [1.165, 1.54) is 6.07 Å². The molecule has 0 spiro atoms. The molecule has 0 bridgehead atoms. The number of halogens is 3. The Labute approximate surface area is 137 Å². The van der Waals surface area contributed by atoms with Crippen molar-refractivity contribution in [1.29, 1.82) is 0 Å². The van der Waals surface area contributed by atoms with E-state index >= 15 is 0 Å². The van der Waals surface area contributed by atoms with Crippen LogP contribution in [0.3, 0.4) is 0 Å². The van der Waals surface area contributed by atoms with Crippen LogP contribution in [0.1, 0.15) is 29.9 Å². The van der Waals surface area contributed by atoms with Gasteiger partial charge in [0.25, 0.3) is 0 Å². The Morgan fingerprint density at radius 2 is 2.19 bits per heavy atom. The second-order valence-electron chi connectivity index (χ2n) is 4.93. The van der Waals surface area contributed by atoms with E-state index in [2.05, 4.69) is 26.3 Å². The van der Waals surface area contributed by atoms with E-state index in [0.29, 0.717) is 15.9 Å². The molecule has 1 aromatic heterocycles. The van der Waals surface area contributed by atoms with Gasteiger partial charge in [0.15, 0.2) is 0 Å². The molecule has 1 aromatic carbocycles. The Bertz CT molecular complexity index is 642. The van der Waals surface area contributed by atoms with Crippen molar-refractivity contribution in [1.82, 2.24) is 15.1 Å². The lowest BCUT2D eigenvalue weighted by molar-refractivity contribution is 0.520. The SMILES string of the molecule is CCNC(Cc1c(Cl)c(C)nn1C)c1cccc(F)c1Br. The summed E-state index contributed by atoms with van der Waals surface area (Å²) in [5, 5.41) is 8.39. The number of aryl methyl sites for hydroxylation is 2. The largest absolute Gasteiger partial charge is 0.310 e. The van der Waals surface area contributed by atoms with Crippen molar-refractivity contribution in [2.45, 2.75) is 26.3 Å². The van der Waals surface area contributed by atoms with Crippen LogP contribution in [0.15, 0.2) is 22.7 Å². The van der Waals surface area contributed by atoms with Gasteiger partial charge < -0.3 is 5.32 Å². The average molecular weight is 375 g/mol. The van der Waals surface area contributed by atoms with Crippen LogP contribution < -0.4 is 5.32 Å². The minimum Gasteiger partial charge on any atom is -0.310 e. The molecule has 21 heavy (non-hydrogen) atoms. The van der Waals surface area contributed by atoms with Crippen molar-refractivity contribution in [3.63, 3.8) is 0 Å². The highest BCUT2D eigenvalue weighted by Crippen LogP contribution is 2.30. The molecule has 2 rings (SSSR count). The van der Waals surface area contributed by atoms with Gasteiger partial charge in [-0.2, -0.15) is 5.10 Å². The van der Waals surface area contributed by atoms with Gasteiger partial charge in [0.2, 0.25) is 0 Å². The predicted molar refractivity (Wildman–Crippen MR) is 87.2 cm³/mol. The van der Waals surface area contributed by atoms with Gasteiger partial charge in [-0.05, 0) is 41.0 Å². The second kappa shape index (κ2) is 6.90. The van der Waals surface area contributed by atoms with Gasteiger partial charge >= 0.3 is 0 Å². The zero-order valence-electron chi connectivity index (χ0n) is 12.3. The van der Waals surface area contributed by atoms with Crippen molar-refractivity contribution in [3.8, 4) is 0 Å². The number of nitrogens with one attached hydrogen (secondary N) is 1. The van der Waals surface area contributed by atoms with E-state index in [-0.39, 0.29) is 11.9 Å². The lowest BCUT2D eigenvalue weighted by atomic mass is 10.0. The maximum Gasteiger partial charge on any atom is 0.137 e. The molecule has 114 valence electrons. The molecule has 0 aliphatic heterocycles. The lowest BCUT2D eigenvalue weighted by Gasteiger charge is -2.20. The molecular formula is C15H18BrClFN3. The minimum atomic E-state index is -0.261. The number of hydrogen-bond donors (Lipinski definition) is 1. The molecular weight excluding hydrogens is 357 g/mol. The minimum absolute atomic E-state index is 0.0348. The van der Waals surface area contributed by atoms with E-state index < -0.39 is 0 Å². The Balaban J connectivity index is 2.38. The normalized spacial score (nSPS) is 12.7. The molecule has 1 N–H and O–H groups in total. The van der Waals surface area contributed by atoms with E-state index in [9.17, 15) is 4.39 Å². The maximum absolute atomic E-state index is 13.8. The molecule has 1 unspecified atom stereocenters. The molecule has 1 heterocycles. The molecule has 0 aliphatic carbocycles. The first kappa shape index (κ1) is 16.5. The first-order chi connectivity index (χ1) is 9.95. The van der Waals surface area contributed by atoms with Crippen LogP contribution in [-0.4, -0.2) is 16.3 Å². The molecule has 0 aliphatic rings. The molecule has 1 atom stereocenters. The first-order valence-corrected chi connectivity index (χ1v) is 7.98. The highest BCUT2D eigenvalue weighted by Gasteiger charge is 2.20. The monoisotopic (exact) mass is 373 g/mol. The molecule has 0 fully saturated rings. The fourth-order valence-corrected chi connectivity index (χ4v) is 3.20. The molecule has 6 heteroatoms. The van der Waals surface area contributed by atoms with Gasteiger partial charge in [-0.25, -0.2) is 4.39 Å². The smallest absolute Gasteiger partial charge is 0.137 e. The number of nitrogens with zero attached hydrogens (tertiary/aromatic N) is 2. The predicted octanol–water partition coefficient (Wildman–Crippen LogP) is 4.18. The Morgan fingerprint density at radius 3 is 2.76 bits per heavy atom. The highest BCUT2D eigenvalue weighted by atomic mass is 79.9. The van der Waals surface area contributed by atoms with Crippen molar-refractivity contribution in [3.05, 3.63) is 50.5 Å². The van der Waals surface area contributed by atoms with Crippen LogP contribution in [0.2, 0.25) is 5.02 Å². The topological polar surface area (TPSA) is 29.9 Å². The summed E-state index contributed by atoms with van der Waals surface area (Å²) in [7, 11) is 1.87. The molecule has 0 saturated carbocycles. The first-order valence-electron chi connectivity index (χ1n) is 6.81. The van der Waals surface area contributed by atoms with E-state index in [0.717, 1.165) is 23.5 Å². The second-order valence-corrected chi connectivity index (χ2v) is 6.10. The molecule has 0 saturated heterocycles. The van der Waals surface area contributed by atoms with Gasteiger partial charge in [-0.3, -0.25) is 4.68 Å². The number of hydrogen-bond acceptors (Lipinski definition) is 2. The van der Waals surface area contributed by atoms with E-state index in [1.807, 2.05) is 27.0 Å². The van der Waals surface area contributed by atoms with Crippen molar-refractivity contribution in [2.75, 3.05) is 6.54 Å². The van der Waals surface area contributed by atoms with E-state index in [1.54, 1.807) is 10.7 Å². The molecule has 2 aromatic rings. The third kappa shape index (κ3) is 3.47. The van der Waals surface area contributed by atoms with Gasteiger partial charge in [-0.15, -0.1) is 0 Å². The van der Waals surface area contributed by atoms with Gasteiger partial charge in [0, 0.05) is 19.5 Å². The van der Waals surface area contributed by atoms with Crippen molar-refractivity contribution >= 4 is 27.5 Å². The summed E-state index contributed by atoms with van der Waals surface area (Å²) in [5.41, 5.74) is 2.63. The highest BCUT2D eigenvalue weighted by molar-refractivity contribution is 9.10. The fraction of sp³-hybridized carbons (Fsp3) is 0.400. The van der Waals surface area contributed by atoms with Crippen LogP contribution >= 0.6 is 27.5 Å². The summed E-state index contributed by atoms with van der Waals surface area (Å²) in [6.07, 6.45) is 0.645. The molecule has 0 radical (unpaired) electrons. The molecule has 0 amide bonds. The Morgan fingerprint density at radius 1 is 1.48 bits per heavy atom. The standard InChI is InChI=1S/C15H18BrClFN3/c1-4-19-12(10-6-5-7-11(18)14(10)16)8-13-15(17)9(2)20-21(13)3/h5-7,12,19H,4,8H2,1-3H3. The maximum atomic E-state index is 13.8. The number of aromatic nitrogens is 2. The summed E-state index contributed by atoms with van der Waals surface area (Å²) in [5.74, 6) is -0.261. The summed E-state index contributed by atoms with van der Waals surface area (Å²) in [6.45, 7) is 4.69. The molecule has 3 nitrogen and oxygen atoms in total. The number of benzene rings is 1. The Kier molecular flexibility index (Phi) is 5.41. The van der Waals surface area contributed by atoms with Crippen LogP contribution in [0.25, 0.3) is 0 Å².